The number of nitrogens with one attached hydrogen (secondary N) is 1. The van der Waals surface area contributed by atoms with Gasteiger partial charge in [-0.05, 0) is 23.0 Å². The Hall–Kier alpha value is -1.71. The predicted octanol–water partition coefficient (Wildman–Crippen LogP) is 0.330. The molecule has 0 bridgehead atoms. The van der Waals surface area contributed by atoms with E-state index in [4.69, 9.17) is 12.6 Å². The Morgan fingerprint density at radius 1 is 1.36 bits per heavy atom. The summed E-state index contributed by atoms with van der Waals surface area (Å²) in [7, 11) is 7.06. The molecular formula is C10H8BNO2. The number of aromatic nitrogens is 1. The molecule has 14 heavy (non-hydrogen) atoms. The van der Waals surface area contributed by atoms with Crippen molar-refractivity contribution in [2.75, 3.05) is 7.11 Å². The SMILES string of the molecule is [B]c1cc2ccc(OC)cc2[nH]c1=O. The molecule has 0 saturated carbocycles. The van der Waals surface area contributed by atoms with Gasteiger partial charge in [0, 0.05) is 6.07 Å². The summed E-state index contributed by atoms with van der Waals surface area (Å²) in [4.78, 5) is 13.9. The first-order valence-electron chi connectivity index (χ1n) is 4.17. The van der Waals surface area contributed by atoms with Crippen LogP contribution >= 0.6 is 0 Å². The van der Waals surface area contributed by atoms with Crippen molar-refractivity contribution in [2.24, 2.45) is 0 Å². The zero-order chi connectivity index (χ0) is 10.1. The van der Waals surface area contributed by atoms with E-state index in [0.29, 0.717) is 5.75 Å². The summed E-state index contributed by atoms with van der Waals surface area (Å²) in [6.07, 6.45) is 0. The van der Waals surface area contributed by atoms with Crippen LogP contribution in [0.5, 0.6) is 5.75 Å². The summed E-state index contributed by atoms with van der Waals surface area (Å²) < 4.78 is 5.04. The summed E-state index contributed by atoms with van der Waals surface area (Å²) in [6, 6.07) is 7.07. The molecule has 0 amide bonds. The van der Waals surface area contributed by atoms with Crippen molar-refractivity contribution in [3.8, 4) is 5.75 Å². The minimum absolute atomic E-state index is 0.225. The number of methoxy groups -OCH3 is 1. The Bertz CT molecular complexity index is 533. The van der Waals surface area contributed by atoms with Gasteiger partial charge in [-0.2, -0.15) is 0 Å². The van der Waals surface area contributed by atoms with Crippen molar-refractivity contribution in [3.63, 3.8) is 0 Å². The average Bonchev–Trinajstić information content (AvgIpc) is 2.19. The van der Waals surface area contributed by atoms with E-state index < -0.39 is 0 Å². The Kier molecular flexibility index (Phi) is 2.04. The van der Waals surface area contributed by atoms with Crippen LogP contribution in [0.3, 0.4) is 0 Å². The van der Waals surface area contributed by atoms with Crippen LogP contribution in [0.4, 0.5) is 0 Å². The third-order valence-electron chi connectivity index (χ3n) is 2.08. The van der Waals surface area contributed by atoms with E-state index in [-0.39, 0.29) is 11.0 Å². The Balaban J connectivity index is 2.77. The quantitative estimate of drug-likeness (QED) is 0.650. The molecule has 0 aliphatic heterocycles. The van der Waals surface area contributed by atoms with Gasteiger partial charge in [-0.3, -0.25) is 4.79 Å². The lowest BCUT2D eigenvalue weighted by atomic mass is 9.96. The first kappa shape index (κ1) is 8.87. The van der Waals surface area contributed by atoms with Gasteiger partial charge in [0.25, 0.3) is 0 Å². The van der Waals surface area contributed by atoms with E-state index in [0.717, 1.165) is 10.9 Å². The summed E-state index contributed by atoms with van der Waals surface area (Å²) in [5.41, 5.74) is 0.678. The molecule has 0 atom stereocenters. The highest BCUT2D eigenvalue weighted by molar-refractivity contribution is 6.32. The van der Waals surface area contributed by atoms with Crippen molar-refractivity contribution in [1.29, 1.82) is 0 Å². The molecule has 0 aliphatic rings. The molecular weight excluding hydrogens is 177 g/mol. The zero-order valence-electron chi connectivity index (χ0n) is 7.70. The van der Waals surface area contributed by atoms with E-state index in [2.05, 4.69) is 4.98 Å². The normalized spacial score (nSPS) is 10.4. The number of fused-ring (bicyclic) bond motifs is 1. The lowest BCUT2D eigenvalue weighted by Gasteiger charge is -2.02. The number of ether oxygens (including phenoxy) is 1. The number of benzene rings is 1. The molecule has 0 aliphatic carbocycles. The molecule has 1 heterocycles. The lowest BCUT2D eigenvalue weighted by Crippen LogP contribution is -2.26. The van der Waals surface area contributed by atoms with Gasteiger partial charge in [-0.15, -0.1) is 0 Å². The predicted molar refractivity (Wildman–Crippen MR) is 56.5 cm³/mol. The van der Waals surface area contributed by atoms with E-state index in [1.165, 1.54) is 0 Å². The number of pyridine rings is 1. The molecule has 0 fully saturated rings. The average molecular weight is 185 g/mol. The van der Waals surface area contributed by atoms with Gasteiger partial charge in [0.05, 0.1) is 12.6 Å². The van der Waals surface area contributed by atoms with Crippen molar-refractivity contribution in [2.45, 2.75) is 0 Å². The van der Waals surface area contributed by atoms with Crippen molar-refractivity contribution in [1.82, 2.24) is 4.98 Å². The fourth-order valence-corrected chi connectivity index (χ4v) is 1.32. The highest BCUT2D eigenvalue weighted by Crippen LogP contribution is 2.16. The molecule has 2 aromatic rings. The molecule has 4 heteroatoms. The second kappa shape index (κ2) is 3.22. The standard InChI is InChI=1S/C10H8BNO2/c1-14-7-3-2-6-4-8(11)10(13)12-9(6)5-7/h2-5H,1H3,(H,12,13). The van der Waals surface area contributed by atoms with Gasteiger partial charge in [0.2, 0.25) is 5.56 Å². The van der Waals surface area contributed by atoms with Crippen LogP contribution in [-0.4, -0.2) is 19.9 Å². The first-order chi connectivity index (χ1) is 6.70. The highest BCUT2D eigenvalue weighted by Gasteiger charge is 1.99. The maximum Gasteiger partial charge on any atom is 0.241 e. The second-order valence-electron chi connectivity index (χ2n) is 3.01. The fourth-order valence-electron chi connectivity index (χ4n) is 1.32. The second-order valence-corrected chi connectivity index (χ2v) is 3.01. The number of H-pyrrole nitrogens is 1. The van der Waals surface area contributed by atoms with Gasteiger partial charge in [0.1, 0.15) is 13.6 Å². The molecule has 0 saturated heterocycles. The minimum Gasteiger partial charge on any atom is -0.497 e. The highest BCUT2D eigenvalue weighted by atomic mass is 16.5. The van der Waals surface area contributed by atoms with Gasteiger partial charge in [0.15, 0.2) is 0 Å². The molecule has 1 N–H and O–H groups in total. The van der Waals surface area contributed by atoms with Crippen LogP contribution in [0, 0.1) is 0 Å². The summed E-state index contributed by atoms with van der Waals surface area (Å²) >= 11 is 0. The van der Waals surface area contributed by atoms with Gasteiger partial charge >= 0.3 is 0 Å². The summed E-state index contributed by atoms with van der Waals surface area (Å²) in [5, 5.41) is 0.892. The van der Waals surface area contributed by atoms with Gasteiger partial charge < -0.3 is 9.72 Å². The fraction of sp³-hybridized carbons (Fsp3) is 0.100. The van der Waals surface area contributed by atoms with Gasteiger partial charge in [-0.1, -0.05) is 6.07 Å². The van der Waals surface area contributed by atoms with Crippen molar-refractivity contribution in [3.05, 3.63) is 34.6 Å². The zero-order valence-corrected chi connectivity index (χ0v) is 7.70. The van der Waals surface area contributed by atoms with Crippen LogP contribution in [0.25, 0.3) is 10.9 Å². The van der Waals surface area contributed by atoms with Gasteiger partial charge in [-0.25, -0.2) is 0 Å². The van der Waals surface area contributed by atoms with Crippen LogP contribution in [0.2, 0.25) is 0 Å². The number of aromatic amines is 1. The van der Waals surface area contributed by atoms with Crippen molar-refractivity contribution >= 4 is 24.2 Å². The van der Waals surface area contributed by atoms with E-state index in [1.807, 2.05) is 12.1 Å². The molecule has 3 nitrogen and oxygen atoms in total. The molecule has 0 spiro atoms. The third kappa shape index (κ3) is 1.39. The van der Waals surface area contributed by atoms with E-state index >= 15 is 0 Å². The topological polar surface area (TPSA) is 42.1 Å². The third-order valence-corrected chi connectivity index (χ3v) is 2.08. The number of hydrogen-bond acceptors (Lipinski definition) is 2. The molecule has 68 valence electrons. The Morgan fingerprint density at radius 3 is 2.86 bits per heavy atom. The minimum atomic E-state index is -0.272. The van der Waals surface area contributed by atoms with Crippen LogP contribution < -0.4 is 15.8 Å². The lowest BCUT2D eigenvalue weighted by molar-refractivity contribution is 0.415. The molecule has 0 unspecified atom stereocenters. The smallest absolute Gasteiger partial charge is 0.241 e. The maximum atomic E-state index is 11.2. The summed E-state index contributed by atoms with van der Waals surface area (Å²) in [6.45, 7) is 0. The number of hydrogen-bond donors (Lipinski definition) is 1. The van der Waals surface area contributed by atoms with Crippen LogP contribution in [-0.2, 0) is 0 Å². The number of rotatable bonds is 1. The van der Waals surface area contributed by atoms with E-state index in [1.54, 1.807) is 19.2 Å². The van der Waals surface area contributed by atoms with E-state index in [9.17, 15) is 4.79 Å². The molecule has 1 aromatic carbocycles. The molecule has 1 aromatic heterocycles. The Morgan fingerprint density at radius 2 is 2.14 bits per heavy atom. The van der Waals surface area contributed by atoms with Crippen molar-refractivity contribution < 1.29 is 4.74 Å². The Labute approximate surface area is 82.1 Å². The first-order valence-corrected chi connectivity index (χ1v) is 4.17. The summed E-state index contributed by atoms with van der Waals surface area (Å²) in [5.74, 6) is 0.706. The molecule has 2 radical (unpaired) electrons. The van der Waals surface area contributed by atoms with Crippen LogP contribution in [0.15, 0.2) is 29.1 Å². The monoisotopic (exact) mass is 185 g/mol. The molecule has 2 rings (SSSR count). The van der Waals surface area contributed by atoms with Crippen LogP contribution in [0.1, 0.15) is 0 Å². The maximum absolute atomic E-state index is 11.2. The largest absolute Gasteiger partial charge is 0.497 e.